The summed E-state index contributed by atoms with van der Waals surface area (Å²) in [6, 6.07) is 0. The Balaban J connectivity index is 5.13. The van der Waals surface area contributed by atoms with Crippen molar-refractivity contribution < 1.29 is 36.6 Å². The van der Waals surface area contributed by atoms with E-state index in [-0.39, 0.29) is 0 Å². The molecule has 0 radical (unpaired) electrons. The molecule has 3 nitrogen and oxygen atoms in total. The van der Waals surface area contributed by atoms with Gasteiger partial charge in [0.2, 0.25) is 6.10 Å². The minimum absolute atomic E-state index is 0.294. The van der Waals surface area contributed by atoms with Crippen LogP contribution in [0.1, 0.15) is 34.1 Å². The Morgan fingerprint density at radius 1 is 1.21 bits per heavy atom. The zero-order valence-electron chi connectivity index (χ0n) is 11.0. The van der Waals surface area contributed by atoms with Gasteiger partial charge in [0.1, 0.15) is 0 Å². The van der Waals surface area contributed by atoms with E-state index in [0.717, 1.165) is 0 Å². The molecule has 1 N–H and O–H groups in total. The lowest BCUT2D eigenvalue weighted by Crippen LogP contribution is -2.58. The standard InChI is InChI=1S/C11H17F5O3/c1-5-6(2)7(17)19-9(3,4)10(12,13)8(18)11(14,15)16/h6,8,18H,5H2,1-4H3. The van der Waals surface area contributed by atoms with Crippen molar-refractivity contribution in [2.45, 2.75) is 57.9 Å². The van der Waals surface area contributed by atoms with Gasteiger partial charge >= 0.3 is 18.1 Å². The fourth-order valence-corrected chi connectivity index (χ4v) is 1.12. The molecule has 0 aromatic rings. The van der Waals surface area contributed by atoms with Crippen LogP contribution in [0.2, 0.25) is 0 Å². The first-order valence-corrected chi connectivity index (χ1v) is 5.62. The zero-order chi connectivity index (χ0) is 15.6. The summed E-state index contributed by atoms with van der Waals surface area (Å²) in [5.41, 5.74) is -2.78. The van der Waals surface area contributed by atoms with Crippen LogP contribution in [0.5, 0.6) is 0 Å². The number of aliphatic hydroxyl groups excluding tert-OH is 1. The smallest absolute Gasteiger partial charge is 0.420 e. The number of hydrogen-bond acceptors (Lipinski definition) is 3. The molecule has 114 valence electrons. The highest BCUT2D eigenvalue weighted by atomic mass is 19.4. The van der Waals surface area contributed by atoms with Crippen molar-refractivity contribution in [1.29, 1.82) is 0 Å². The Morgan fingerprint density at radius 3 is 1.95 bits per heavy atom. The number of hydrogen-bond donors (Lipinski definition) is 1. The SMILES string of the molecule is CCC(C)C(=O)OC(C)(C)C(F)(F)C(O)C(F)(F)F. The van der Waals surface area contributed by atoms with E-state index in [1.54, 1.807) is 6.92 Å². The van der Waals surface area contributed by atoms with Crippen molar-refractivity contribution in [2.24, 2.45) is 5.92 Å². The fraction of sp³-hybridized carbons (Fsp3) is 0.909. The third-order valence-corrected chi connectivity index (χ3v) is 2.83. The Kier molecular flexibility index (Phi) is 5.33. The second-order valence-electron chi connectivity index (χ2n) is 4.81. The number of carbonyl (C=O) groups is 1. The molecule has 0 fully saturated rings. The molecule has 2 atom stereocenters. The third kappa shape index (κ3) is 4.02. The van der Waals surface area contributed by atoms with E-state index in [2.05, 4.69) is 4.74 Å². The Morgan fingerprint density at radius 2 is 1.63 bits per heavy atom. The van der Waals surface area contributed by atoms with Crippen LogP contribution in [0.3, 0.4) is 0 Å². The lowest BCUT2D eigenvalue weighted by atomic mass is 9.94. The summed E-state index contributed by atoms with van der Waals surface area (Å²) in [5.74, 6) is -6.42. The van der Waals surface area contributed by atoms with Crippen LogP contribution in [0.15, 0.2) is 0 Å². The summed E-state index contributed by atoms with van der Waals surface area (Å²) in [7, 11) is 0. The van der Waals surface area contributed by atoms with E-state index in [1.165, 1.54) is 6.92 Å². The molecular formula is C11H17F5O3. The summed E-state index contributed by atoms with van der Waals surface area (Å²) in [5, 5.41) is 8.69. The highest BCUT2D eigenvalue weighted by Crippen LogP contribution is 2.41. The number of alkyl halides is 5. The summed E-state index contributed by atoms with van der Waals surface area (Å²) < 4.78 is 68.1. The van der Waals surface area contributed by atoms with Gasteiger partial charge in [-0.15, -0.1) is 0 Å². The second kappa shape index (κ2) is 5.60. The van der Waals surface area contributed by atoms with Gasteiger partial charge < -0.3 is 9.84 Å². The number of halogens is 5. The second-order valence-corrected chi connectivity index (χ2v) is 4.81. The minimum Gasteiger partial charge on any atom is -0.453 e. The molecule has 2 unspecified atom stereocenters. The van der Waals surface area contributed by atoms with Crippen molar-refractivity contribution >= 4 is 5.97 Å². The Labute approximate surface area is 107 Å². The third-order valence-electron chi connectivity index (χ3n) is 2.83. The number of aliphatic hydroxyl groups is 1. The molecule has 0 aliphatic carbocycles. The van der Waals surface area contributed by atoms with E-state index in [0.29, 0.717) is 20.3 Å². The summed E-state index contributed by atoms with van der Waals surface area (Å²) in [4.78, 5) is 11.4. The van der Waals surface area contributed by atoms with Crippen molar-refractivity contribution in [2.75, 3.05) is 0 Å². The molecule has 0 aromatic carbocycles. The fourth-order valence-electron chi connectivity index (χ4n) is 1.12. The molecule has 19 heavy (non-hydrogen) atoms. The quantitative estimate of drug-likeness (QED) is 0.626. The zero-order valence-corrected chi connectivity index (χ0v) is 11.0. The van der Waals surface area contributed by atoms with Gasteiger partial charge in [-0.1, -0.05) is 13.8 Å². The molecule has 0 aliphatic heterocycles. The van der Waals surface area contributed by atoms with Crippen molar-refractivity contribution in [1.82, 2.24) is 0 Å². The van der Waals surface area contributed by atoms with Crippen LogP contribution in [-0.4, -0.2) is 34.9 Å². The Bertz CT molecular complexity index is 325. The average Bonchev–Trinajstić information content (AvgIpc) is 2.24. The summed E-state index contributed by atoms with van der Waals surface area (Å²) in [6.07, 6.45) is -9.12. The molecule has 0 aromatic heterocycles. The highest BCUT2D eigenvalue weighted by Gasteiger charge is 2.64. The maximum Gasteiger partial charge on any atom is 0.420 e. The summed E-state index contributed by atoms with van der Waals surface area (Å²) in [6.45, 7) is 4.25. The lowest BCUT2D eigenvalue weighted by molar-refractivity contribution is -0.310. The maximum absolute atomic E-state index is 13.6. The van der Waals surface area contributed by atoms with Gasteiger partial charge in [-0.3, -0.25) is 4.79 Å². The Hall–Kier alpha value is -0.920. The minimum atomic E-state index is -5.51. The molecule has 0 spiro atoms. The largest absolute Gasteiger partial charge is 0.453 e. The highest BCUT2D eigenvalue weighted by molar-refractivity contribution is 5.72. The summed E-state index contributed by atoms with van der Waals surface area (Å²) >= 11 is 0. The van der Waals surface area contributed by atoms with Crippen molar-refractivity contribution in [3.05, 3.63) is 0 Å². The van der Waals surface area contributed by atoms with Gasteiger partial charge in [0.15, 0.2) is 5.60 Å². The molecule has 0 rings (SSSR count). The normalized spacial score (nSPS) is 16.9. The van der Waals surface area contributed by atoms with E-state index in [9.17, 15) is 26.7 Å². The van der Waals surface area contributed by atoms with E-state index in [1.807, 2.05) is 0 Å². The monoisotopic (exact) mass is 292 g/mol. The van der Waals surface area contributed by atoms with Crippen LogP contribution < -0.4 is 0 Å². The first kappa shape index (κ1) is 18.1. The number of esters is 1. The molecule has 0 heterocycles. The predicted octanol–water partition coefficient (Wildman–Crippen LogP) is 2.91. The number of ether oxygens (including phenoxy) is 1. The first-order chi connectivity index (χ1) is 8.27. The van der Waals surface area contributed by atoms with Crippen LogP contribution >= 0.6 is 0 Å². The van der Waals surface area contributed by atoms with E-state index < -0.39 is 35.7 Å². The van der Waals surface area contributed by atoms with Gasteiger partial charge in [-0.25, -0.2) is 0 Å². The maximum atomic E-state index is 13.6. The van der Waals surface area contributed by atoms with E-state index in [4.69, 9.17) is 5.11 Å². The molecule has 8 heteroatoms. The average molecular weight is 292 g/mol. The molecule has 0 aliphatic rings. The van der Waals surface area contributed by atoms with Gasteiger partial charge in [-0.05, 0) is 20.3 Å². The topological polar surface area (TPSA) is 46.5 Å². The van der Waals surface area contributed by atoms with Crippen molar-refractivity contribution in [3.8, 4) is 0 Å². The van der Waals surface area contributed by atoms with Crippen LogP contribution in [0, 0.1) is 5.92 Å². The van der Waals surface area contributed by atoms with Gasteiger partial charge in [0.05, 0.1) is 5.92 Å². The van der Waals surface area contributed by atoms with E-state index >= 15 is 0 Å². The van der Waals surface area contributed by atoms with Gasteiger partial charge in [0, 0.05) is 0 Å². The van der Waals surface area contributed by atoms with Gasteiger partial charge in [0.25, 0.3) is 0 Å². The molecular weight excluding hydrogens is 275 g/mol. The lowest BCUT2D eigenvalue weighted by Gasteiger charge is -2.37. The number of carbonyl (C=O) groups excluding carboxylic acids is 1. The molecule has 0 saturated carbocycles. The molecule has 0 saturated heterocycles. The van der Waals surface area contributed by atoms with Crippen LogP contribution in [-0.2, 0) is 9.53 Å². The number of rotatable bonds is 5. The van der Waals surface area contributed by atoms with Gasteiger partial charge in [-0.2, -0.15) is 22.0 Å². The van der Waals surface area contributed by atoms with Crippen molar-refractivity contribution in [3.63, 3.8) is 0 Å². The predicted molar refractivity (Wildman–Crippen MR) is 56.6 cm³/mol. The van der Waals surface area contributed by atoms with Crippen LogP contribution in [0.4, 0.5) is 22.0 Å². The molecule has 0 amide bonds. The van der Waals surface area contributed by atoms with Crippen LogP contribution in [0.25, 0.3) is 0 Å². The first-order valence-electron chi connectivity index (χ1n) is 5.62. The molecule has 0 bridgehead atoms.